The van der Waals surface area contributed by atoms with Gasteiger partial charge in [-0.25, -0.2) is 4.98 Å². The van der Waals surface area contributed by atoms with E-state index in [1.807, 2.05) is 40.0 Å². The summed E-state index contributed by atoms with van der Waals surface area (Å²) in [4.78, 5) is 13.2. The number of hydrogen-bond acceptors (Lipinski definition) is 3. The molecule has 2 saturated heterocycles. The number of fused-ring (bicyclic) bond motifs is 3. The van der Waals surface area contributed by atoms with Crippen LogP contribution in [0.2, 0.25) is 0 Å². The van der Waals surface area contributed by atoms with Crippen molar-refractivity contribution < 1.29 is 0 Å². The van der Waals surface area contributed by atoms with Crippen LogP contribution in [-0.2, 0) is 6.54 Å². The number of imidazole rings is 1. The molecule has 29 heavy (non-hydrogen) atoms. The number of aromatic nitrogens is 2. The number of likely N-dealkylation sites (tertiary alicyclic amines) is 2. The van der Waals surface area contributed by atoms with Crippen LogP contribution < -0.4 is 0 Å². The third-order valence-corrected chi connectivity index (χ3v) is 6.75. The Morgan fingerprint density at radius 1 is 1.14 bits per heavy atom. The summed E-state index contributed by atoms with van der Waals surface area (Å²) in [5, 5.41) is 0. The molecule has 1 aromatic heterocycles. The Morgan fingerprint density at radius 3 is 2.52 bits per heavy atom. The van der Waals surface area contributed by atoms with Gasteiger partial charge in [-0.05, 0) is 37.1 Å². The Labute approximate surface area is 176 Å². The highest BCUT2D eigenvalue weighted by molar-refractivity contribution is 5.74. The summed E-state index contributed by atoms with van der Waals surface area (Å²) in [5.74, 6) is 1.80. The van der Waals surface area contributed by atoms with Gasteiger partial charge in [-0.1, -0.05) is 65.8 Å². The second kappa shape index (κ2) is 9.06. The maximum atomic E-state index is 4.81. The third kappa shape index (κ3) is 3.58. The lowest BCUT2D eigenvalue weighted by atomic mass is 9.64. The van der Waals surface area contributed by atoms with Crippen molar-refractivity contribution in [2.45, 2.75) is 66.0 Å². The fraction of sp³-hybridized carbons (Fsp3) is 0.560. The molecule has 3 heterocycles. The van der Waals surface area contributed by atoms with Crippen molar-refractivity contribution in [1.82, 2.24) is 19.8 Å². The Hall–Kier alpha value is -2.23. The van der Waals surface area contributed by atoms with Gasteiger partial charge in [-0.3, -0.25) is 0 Å². The van der Waals surface area contributed by atoms with E-state index in [1.165, 1.54) is 31.4 Å². The number of H-pyrrole nitrogens is 1. The van der Waals surface area contributed by atoms with Crippen LogP contribution >= 0.6 is 0 Å². The number of aromatic amines is 1. The minimum atomic E-state index is 0.269. The molecular formula is C25H38N4. The fourth-order valence-electron chi connectivity index (χ4n) is 5.51. The summed E-state index contributed by atoms with van der Waals surface area (Å²) in [6.45, 7) is 19.6. The molecule has 0 bridgehead atoms. The quantitative estimate of drug-likeness (QED) is 0.699. The van der Waals surface area contributed by atoms with Gasteiger partial charge in [0.2, 0.25) is 0 Å². The summed E-state index contributed by atoms with van der Waals surface area (Å²) in [6, 6.07) is 8.91. The summed E-state index contributed by atoms with van der Waals surface area (Å²) in [6.07, 6.45) is 7.32. The van der Waals surface area contributed by atoms with E-state index in [0.29, 0.717) is 6.04 Å². The van der Waals surface area contributed by atoms with Gasteiger partial charge in [0.25, 0.3) is 0 Å². The largest absolute Gasteiger partial charge is 0.376 e. The second-order valence-corrected chi connectivity index (χ2v) is 7.98. The van der Waals surface area contributed by atoms with Crippen LogP contribution in [0.4, 0.5) is 0 Å². The molecule has 0 radical (unpaired) electrons. The van der Waals surface area contributed by atoms with Crippen molar-refractivity contribution in [2.24, 2.45) is 11.3 Å². The van der Waals surface area contributed by atoms with Gasteiger partial charge in [0.05, 0.1) is 17.6 Å². The molecule has 1 spiro atoms. The van der Waals surface area contributed by atoms with Gasteiger partial charge in [0.15, 0.2) is 0 Å². The average Bonchev–Trinajstić information content (AvgIpc) is 3.27. The predicted molar refractivity (Wildman–Crippen MR) is 123 cm³/mol. The van der Waals surface area contributed by atoms with Gasteiger partial charge in [-0.15, -0.1) is 0 Å². The summed E-state index contributed by atoms with van der Waals surface area (Å²) >= 11 is 0. The highest BCUT2D eigenvalue weighted by Gasteiger charge is 2.60. The number of nitrogens with one attached hydrogen (secondary N) is 1. The van der Waals surface area contributed by atoms with E-state index in [1.54, 1.807) is 0 Å². The van der Waals surface area contributed by atoms with Crippen molar-refractivity contribution in [1.29, 1.82) is 0 Å². The molecule has 0 amide bonds. The van der Waals surface area contributed by atoms with E-state index >= 15 is 0 Å². The zero-order chi connectivity index (χ0) is 21.0. The zero-order valence-corrected chi connectivity index (χ0v) is 18.7. The van der Waals surface area contributed by atoms with Gasteiger partial charge >= 0.3 is 0 Å². The minimum absolute atomic E-state index is 0.269. The lowest BCUT2D eigenvalue weighted by Crippen LogP contribution is -2.57. The molecule has 1 saturated carbocycles. The normalized spacial score (nSPS) is 24.2. The maximum Gasteiger partial charge on any atom is 0.126 e. The standard InChI is InChI=1S/C21H26N4.2C2H6/c1-3-24-13-21(14-24)15(2)25(19-11-7-4-8-16(19)21)12-20-22-17-9-5-6-10-18(17)23-20;2*1-2/h3,5-6,9-10,16,19H,1-2,4,7-8,11-14H2,(H,22,23);2*1-2H3. The molecule has 3 aliphatic rings. The van der Waals surface area contributed by atoms with E-state index in [0.717, 1.165) is 42.4 Å². The summed E-state index contributed by atoms with van der Waals surface area (Å²) < 4.78 is 0. The zero-order valence-electron chi connectivity index (χ0n) is 18.7. The second-order valence-electron chi connectivity index (χ2n) is 7.98. The van der Waals surface area contributed by atoms with Crippen molar-refractivity contribution in [2.75, 3.05) is 13.1 Å². The van der Waals surface area contributed by atoms with Crippen LogP contribution in [-0.4, -0.2) is 38.9 Å². The topological polar surface area (TPSA) is 35.2 Å². The first-order chi connectivity index (χ1) is 14.2. The van der Waals surface area contributed by atoms with Crippen molar-refractivity contribution in [3.8, 4) is 0 Å². The Bertz CT molecular complexity index is 797. The molecule has 4 heteroatoms. The van der Waals surface area contributed by atoms with Crippen LogP contribution in [0.5, 0.6) is 0 Å². The van der Waals surface area contributed by atoms with E-state index in [-0.39, 0.29) is 5.41 Å². The number of benzene rings is 1. The van der Waals surface area contributed by atoms with Crippen LogP contribution in [0.15, 0.2) is 49.3 Å². The predicted octanol–water partition coefficient (Wildman–Crippen LogP) is 5.95. The van der Waals surface area contributed by atoms with Gasteiger partial charge < -0.3 is 14.8 Å². The average molecular weight is 395 g/mol. The lowest BCUT2D eigenvalue weighted by Gasteiger charge is -2.52. The molecular weight excluding hydrogens is 356 g/mol. The van der Waals surface area contributed by atoms with E-state index in [9.17, 15) is 0 Å². The molecule has 5 rings (SSSR count). The number of para-hydroxylation sites is 2. The molecule has 2 unspecified atom stereocenters. The third-order valence-electron chi connectivity index (χ3n) is 6.75. The Balaban J connectivity index is 0.000000568. The molecule has 2 atom stereocenters. The highest BCUT2D eigenvalue weighted by atomic mass is 15.3. The maximum absolute atomic E-state index is 4.81. The number of nitrogens with zero attached hydrogens (tertiary/aromatic N) is 3. The van der Waals surface area contributed by atoms with Crippen molar-refractivity contribution in [3.63, 3.8) is 0 Å². The molecule has 4 nitrogen and oxygen atoms in total. The first-order valence-electron chi connectivity index (χ1n) is 11.5. The van der Waals surface area contributed by atoms with E-state index < -0.39 is 0 Å². The molecule has 1 aromatic carbocycles. The number of rotatable bonds is 3. The molecule has 2 aromatic rings. The van der Waals surface area contributed by atoms with Gasteiger partial charge in [0.1, 0.15) is 5.82 Å². The number of hydrogen-bond donors (Lipinski definition) is 1. The first-order valence-corrected chi connectivity index (χ1v) is 11.5. The van der Waals surface area contributed by atoms with Gasteiger partial charge in [-0.2, -0.15) is 0 Å². The summed E-state index contributed by atoms with van der Waals surface area (Å²) in [5.41, 5.74) is 3.78. The van der Waals surface area contributed by atoms with Crippen LogP contribution in [0.1, 0.15) is 59.2 Å². The van der Waals surface area contributed by atoms with Crippen LogP contribution in [0.3, 0.4) is 0 Å². The molecule has 158 valence electrons. The Morgan fingerprint density at radius 2 is 1.83 bits per heavy atom. The molecule has 3 fully saturated rings. The Kier molecular flexibility index (Phi) is 6.71. The SMILES string of the molecule is C=CN1CC2(C1)C(=C)N(Cc1nc3ccccc3[nH]1)C1CCCCC12.CC.CC. The van der Waals surface area contributed by atoms with Gasteiger partial charge in [0, 0.05) is 30.2 Å². The molecule has 1 N–H and O–H groups in total. The minimum Gasteiger partial charge on any atom is -0.376 e. The van der Waals surface area contributed by atoms with Crippen LogP contribution in [0, 0.1) is 11.3 Å². The molecule has 1 aliphatic carbocycles. The van der Waals surface area contributed by atoms with E-state index in [2.05, 4.69) is 46.1 Å². The first kappa shape index (κ1) is 21.5. The smallest absolute Gasteiger partial charge is 0.126 e. The van der Waals surface area contributed by atoms with Crippen LogP contribution in [0.25, 0.3) is 11.0 Å². The van der Waals surface area contributed by atoms with Crippen molar-refractivity contribution >= 4 is 11.0 Å². The highest BCUT2D eigenvalue weighted by Crippen LogP contribution is 2.57. The fourth-order valence-corrected chi connectivity index (χ4v) is 5.51. The van der Waals surface area contributed by atoms with Crippen molar-refractivity contribution in [3.05, 3.63) is 55.1 Å². The van der Waals surface area contributed by atoms with E-state index in [4.69, 9.17) is 4.98 Å². The molecule has 2 aliphatic heterocycles. The lowest BCUT2D eigenvalue weighted by molar-refractivity contribution is 0.0193. The monoisotopic (exact) mass is 394 g/mol. The summed E-state index contributed by atoms with van der Waals surface area (Å²) in [7, 11) is 0.